The summed E-state index contributed by atoms with van der Waals surface area (Å²) in [5.41, 5.74) is 1.89. The minimum atomic E-state index is -1.01. The lowest BCUT2D eigenvalue weighted by Crippen LogP contribution is -2.23. The smallest absolute Gasteiger partial charge is 0.404 e. The predicted molar refractivity (Wildman–Crippen MR) is 86.1 cm³/mol. The molecule has 2 aromatic rings. The molecule has 2 rings (SSSR count). The lowest BCUT2D eigenvalue weighted by molar-refractivity contribution is 0.194. The number of rotatable bonds is 7. The third-order valence-electron chi connectivity index (χ3n) is 3.06. The monoisotopic (exact) mass is 367 g/mol. The van der Waals surface area contributed by atoms with Gasteiger partial charge in [-0.25, -0.2) is 4.79 Å². The highest BCUT2D eigenvalue weighted by Crippen LogP contribution is 2.29. The molecule has 6 nitrogen and oxygen atoms in total. The molecule has 1 amide bonds. The molecule has 0 saturated carbocycles. The number of nitrogens with zero attached hydrogens (tertiary/aromatic N) is 2. The Morgan fingerprint density at radius 3 is 2.82 bits per heavy atom. The van der Waals surface area contributed by atoms with Gasteiger partial charge >= 0.3 is 6.09 Å². The van der Waals surface area contributed by atoms with Gasteiger partial charge < -0.3 is 15.2 Å². The van der Waals surface area contributed by atoms with Crippen LogP contribution in [0.3, 0.4) is 0 Å². The average molecular weight is 368 g/mol. The summed E-state index contributed by atoms with van der Waals surface area (Å²) in [5.74, 6) is 0.718. The summed E-state index contributed by atoms with van der Waals surface area (Å²) in [6.45, 7) is 3.36. The average Bonchev–Trinajstić information content (AvgIpc) is 2.77. The Kier molecular flexibility index (Phi) is 5.83. The number of halogens is 1. The van der Waals surface area contributed by atoms with Crippen molar-refractivity contribution >= 4 is 22.0 Å². The van der Waals surface area contributed by atoms with E-state index in [4.69, 9.17) is 9.84 Å². The van der Waals surface area contributed by atoms with Crippen molar-refractivity contribution < 1.29 is 14.6 Å². The molecule has 2 N–H and O–H groups in total. The van der Waals surface area contributed by atoms with Crippen LogP contribution in [0.1, 0.15) is 17.7 Å². The molecule has 118 valence electrons. The molecular weight excluding hydrogens is 350 g/mol. The topological polar surface area (TPSA) is 76.4 Å². The minimum Gasteiger partial charge on any atom is -0.484 e. The number of amides is 1. The fourth-order valence-electron chi connectivity index (χ4n) is 2.00. The Labute approximate surface area is 137 Å². The Morgan fingerprint density at radius 2 is 2.14 bits per heavy atom. The summed E-state index contributed by atoms with van der Waals surface area (Å²) in [5, 5.41) is 15.3. The number of benzene rings is 1. The molecule has 0 fully saturated rings. The van der Waals surface area contributed by atoms with Crippen LogP contribution in [0.15, 0.2) is 34.9 Å². The van der Waals surface area contributed by atoms with Gasteiger partial charge in [-0.2, -0.15) is 5.10 Å². The van der Waals surface area contributed by atoms with Crippen LogP contribution < -0.4 is 10.1 Å². The lowest BCUT2D eigenvalue weighted by Gasteiger charge is -2.07. The number of aromatic nitrogens is 2. The van der Waals surface area contributed by atoms with E-state index in [9.17, 15) is 4.79 Å². The summed E-state index contributed by atoms with van der Waals surface area (Å²) in [7, 11) is 0. The quantitative estimate of drug-likeness (QED) is 0.736. The van der Waals surface area contributed by atoms with Crippen LogP contribution in [-0.4, -0.2) is 27.5 Å². The summed E-state index contributed by atoms with van der Waals surface area (Å²) in [6, 6.07) is 9.92. The second kappa shape index (κ2) is 7.84. The maximum Gasteiger partial charge on any atom is 0.404 e. The first-order valence-corrected chi connectivity index (χ1v) is 7.73. The SMILES string of the molecule is Cc1nn(CCCNC(=O)O)c(Br)c1OCc1ccccc1. The van der Waals surface area contributed by atoms with E-state index < -0.39 is 6.09 Å². The zero-order valence-corrected chi connectivity index (χ0v) is 13.8. The lowest BCUT2D eigenvalue weighted by atomic mass is 10.2. The minimum absolute atomic E-state index is 0.390. The van der Waals surface area contributed by atoms with E-state index in [1.54, 1.807) is 4.68 Å². The highest BCUT2D eigenvalue weighted by Gasteiger charge is 2.14. The van der Waals surface area contributed by atoms with Crippen LogP contribution in [0.25, 0.3) is 0 Å². The summed E-state index contributed by atoms with van der Waals surface area (Å²) in [4.78, 5) is 10.4. The third kappa shape index (κ3) is 4.49. The van der Waals surface area contributed by atoms with Crippen LogP contribution >= 0.6 is 15.9 Å². The molecule has 0 bridgehead atoms. The van der Waals surface area contributed by atoms with Gasteiger partial charge in [0, 0.05) is 13.1 Å². The summed E-state index contributed by atoms with van der Waals surface area (Å²) < 4.78 is 8.39. The Bertz CT molecular complexity index is 628. The highest BCUT2D eigenvalue weighted by molar-refractivity contribution is 9.10. The molecule has 0 aliphatic rings. The molecule has 22 heavy (non-hydrogen) atoms. The van der Waals surface area contributed by atoms with Crippen LogP contribution in [0.4, 0.5) is 4.79 Å². The van der Waals surface area contributed by atoms with Crippen LogP contribution in [0.2, 0.25) is 0 Å². The molecule has 1 heterocycles. The van der Waals surface area contributed by atoms with E-state index in [1.165, 1.54) is 0 Å². The number of carbonyl (C=O) groups is 1. The van der Waals surface area contributed by atoms with E-state index >= 15 is 0 Å². The molecule has 0 saturated heterocycles. The third-order valence-corrected chi connectivity index (χ3v) is 3.83. The maximum absolute atomic E-state index is 10.4. The van der Waals surface area contributed by atoms with Crippen molar-refractivity contribution in [2.45, 2.75) is 26.5 Å². The van der Waals surface area contributed by atoms with Gasteiger partial charge in [0.2, 0.25) is 0 Å². The zero-order chi connectivity index (χ0) is 15.9. The first-order chi connectivity index (χ1) is 10.6. The number of nitrogens with one attached hydrogen (secondary N) is 1. The number of aryl methyl sites for hydroxylation is 2. The number of hydrogen-bond donors (Lipinski definition) is 2. The van der Waals surface area contributed by atoms with E-state index in [2.05, 4.69) is 26.3 Å². The van der Waals surface area contributed by atoms with Crippen molar-refractivity contribution in [3.8, 4) is 5.75 Å². The molecule has 0 radical (unpaired) electrons. The van der Waals surface area contributed by atoms with Crippen molar-refractivity contribution in [1.82, 2.24) is 15.1 Å². The van der Waals surface area contributed by atoms with E-state index in [0.717, 1.165) is 21.6 Å². The van der Waals surface area contributed by atoms with E-state index in [1.807, 2.05) is 37.3 Å². The molecule has 0 aliphatic carbocycles. The second-order valence-electron chi connectivity index (χ2n) is 4.79. The summed E-state index contributed by atoms with van der Waals surface area (Å²) >= 11 is 3.50. The standard InChI is InChI=1S/C15H18BrN3O3/c1-11-13(22-10-12-6-3-2-4-7-12)14(16)19(18-11)9-5-8-17-15(20)21/h2-4,6-7,17H,5,8-10H2,1H3,(H,20,21). The van der Waals surface area contributed by atoms with Gasteiger partial charge in [-0.15, -0.1) is 0 Å². The number of ether oxygens (including phenoxy) is 1. The van der Waals surface area contributed by atoms with Crippen molar-refractivity contribution in [2.75, 3.05) is 6.54 Å². The largest absolute Gasteiger partial charge is 0.484 e. The highest BCUT2D eigenvalue weighted by atomic mass is 79.9. The molecule has 0 aliphatic heterocycles. The maximum atomic E-state index is 10.4. The van der Waals surface area contributed by atoms with Crippen LogP contribution in [0, 0.1) is 6.92 Å². The normalized spacial score (nSPS) is 10.5. The molecule has 0 atom stereocenters. The molecule has 1 aromatic heterocycles. The van der Waals surface area contributed by atoms with Crippen LogP contribution in [0.5, 0.6) is 5.75 Å². The summed E-state index contributed by atoms with van der Waals surface area (Å²) in [6.07, 6.45) is -0.355. The Morgan fingerprint density at radius 1 is 1.41 bits per heavy atom. The molecule has 7 heteroatoms. The predicted octanol–water partition coefficient (Wildman–Crippen LogP) is 3.19. The van der Waals surface area contributed by atoms with E-state index in [0.29, 0.717) is 26.1 Å². The van der Waals surface area contributed by atoms with Crippen molar-refractivity contribution in [3.63, 3.8) is 0 Å². The molecule has 0 spiro atoms. The fraction of sp³-hybridized carbons (Fsp3) is 0.333. The number of carboxylic acid groups (broad SMARTS) is 1. The zero-order valence-electron chi connectivity index (χ0n) is 12.3. The fourth-order valence-corrected chi connectivity index (χ4v) is 2.66. The molecule has 1 aromatic carbocycles. The van der Waals surface area contributed by atoms with Gasteiger partial charge in [0.15, 0.2) is 5.75 Å². The van der Waals surface area contributed by atoms with Gasteiger partial charge in [0.1, 0.15) is 16.9 Å². The molecule has 0 unspecified atom stereocenters. The Hall–Kier alpha value is -2.02. The first kappa shape index (κ1) is 16.4. The van der Waals surface area contributed by atoms with E-state index in [-0.39, 0.29) is 0 Å². The van der Waals surface area contributed by atoms with Gasteiger partial charge in [0.05, 0.1) is 0 Å². The van der Waals surface area contributed by atoms with Gasteiger partial charge in [0.25, 0.3) is 0 Å². The first-order valence-electron chi connectivity index (χ1n) is 6.94. The van der Waals surface area contributed by atoms with Crippen molar-refractivity contribution in [2.24, 2.45) is 0 Å². The second-order valence-corrected chi connectivity index (χ2v) is 5.54. The van der Waals surface area contributed by atoms with Crippen molar-refractivity contribution in [3.05, 3.63) is 46.2 Å². The van der Waals surface area contributed by atoms with Gasteiger partial charge in [-0.3, -0.25) is 4.68 Å². The number of hydrogen-bond acceptors (Lipinski definition) is 3. The molecular formula is C15H18BrN3O3. The van der Waals surface area contributed by atoms with Crippen LogP contribution in [-0.2, 0) is 13.2 Å². The van der Waals surface area contributed by atoms with Gasteiger partial charge in [-0.05, 0) is 34.8 Å². The Balaban J connectivity index is 1.93. The van der Waals surface area contributed by atoms with Gasteiger partial charge in [-0.1, -0.05) is 30.3 Å². The van der Waals surface area contributed by atoms with Crippen molar-refractivity contribution in [1.29, 1.82) is 0 Å².